The number of rotatable bonds is 9. The highest BCUT2D eigenvalue weighted by atomic mass is 28.4. The first-order valence-electron chi connectivity index (χ1n) is 8.26. The maximum absolute atomic E-state index is 5.37. The van der Waals surface area contributed by atoms with Gasteiger partial charge in [0.15, 0.2) is 0 Å². The van der Waals surface area contributed by atoms with Crippen molar-refractivity contribution in [3.05, 3.63) is 0 Å². The Morgan fingerprint density at radius 3 is 0.655 bits per heavy atom. The molecule has 0 saturated carbocycles. The van der Waals surface area contributed by atoms with Crippen LogP contribution in [0.4, 0.5) is 0 Å². The molecule has 9 nitrogen and oxygen atoms in total. The van der Waals surface area contributed by atoms with Crippen LogP contribution in [0.5, 0.6) is 0 Å². The molecular weight excluding hydrogens is 449 g/mol. The van der Waals surface area contributed by atoms with Crippen LogP contribution in [-0.2, 0) is 39.8 Å². The Morgan fingerprint density at radius 2 is 0.517 bits per heavy atom. The summed E-state index contributed by atoms with van der Waals surface area (Å²) in [5.74, 6) is 0. The Bertz CT molecular complexity index is 568. The second-order valence-electron chi connectivity index (χ2n) is 5.38. The smallest absolute Gasteiger partial charge is 0.367 e. The quantitative estimate of drug-likeness (QED) is 0.334. The van der Waals surface area contributed by atoms with Crippen molar-refractivity contribution in [1.29, 1.82) is 0 Å². The van der Waals surface area contributed by atoms with Gasteiger partial charge in [-0.25, -0.2) is 0 Å². The summed E-state index contributed by atoms with van der Waals surface area (Å²) >= 11 is 0. The maximum atomic E-state index is 5.37. The summed E-state index contributed by atoms with van der Waals surface area (Å²) in [6, 6.07) is 0. The van der Waals surface area contributed by atoms with Crippen molar-refractivity contribution in [3.8, 4) is 33.3 Å². The lowest BCUT2D eigenvalue weighted by Crippen LogP contribution is -2.44. The van der Waals surface area contributed by atoms with Gasteiger partial charge >= 0.3 is 26.4 Å². The van der Waals surface area contributed by atoms with Gasteiger partial charge in [0.25, 0.3) is 8.07 Å². The van der Waals surface area contributed by atoms with Gasteiger partial charge < -0.3 is 39.8 Å². The molecular formula is C16H30O9Si4. The Labute approximate surface area is 178 Å². The molecule has 0 bridgehead atoms. The van der Waals surface area contributed by atoms with Crippen molar-refractivity contribution >= 4 is 34.5 Å². The van der Waals surface area contributed by atoms with Crippen LogP contribution in [-0.4, -0.2) is 98.5 Å². The average Bonchev–Trinajstić information content (AvgIpc) is 2.78. The molecule has 0 aromatic rings. The van der Waals surface area contributed by atoms with Gasteiger partial charge in [-0.2, -0.15) is 0 Å². The SMILES string of the molecule is CO[Si](C#C[Si](C)(C#C[Si](OC)(OC)OC)C#C[Si](OC)(OC)OC)(OC)OC. The van der Waals surface area contributed by atoms with E-state index in [1.54, 1.807) is 0 Å². The van der Waals surface area contributed by atoms with Gasteiger partial charge in [0.2, 0.25) is 0 Å². The van der Waals surface area contributed by atoms with Crippen molar-refractivity contribution in [3.63, 3.8) is 0 Å². The minimum atomic E-state index is -3.15. The Kier molecular flexibility index (Phi) is 12.4. The Morgan fingerprint density at radius 1 is 0.345 bits per heavy atom. The molecule has 0 unspecified atom stereocenters. The molecule has 0 atom stereocenters. The number of hydrogen-bond acceptors (Lipinski definition) is 9. The standard InChI is InChI=1S/C16H30O9Si4/c1-17-27(18-2,19-3)14-11-26(10,12-15-28(20-4,21-5)22-6)13-16-29(23-7,24-8)25-9/h1-10H3. The van der Waals surface area contributed by atoms with E-state index in [1.165, 1.54) is 64.0 Å². The third kappa shape index (κ3) is 7.75. The van der Waals surface area contributed by atoms with Gasteiger partial charge in [-0.3, -0.25) is 0 Å². The highest BCUT2D eigenvalue weighted by molar-refractivity contribution is 7.01. The summed E-state index contributed by atoms with van der Waals surface area (Å²) in [5.41, 5.74) is 18.3. The van der Waals surface area contributed by atoms with E-state index in [1.807, 2.05) is 6.55 Å². The minimum absolute atomic E-state index is 1.47. The van der Waals surface area contributed by atoms with Crippen LogP contribution in [0, 0.1) is 33.3 Å². The topological polar surface area (TPSA) is 83.1 Å². The largest absolute Gasteiger partial charge is 0.590 e. The molecule has 0 N–H and O–H groups in total. The molecule has 0 spiro atoms. The van der Waals surface area contributed by atoms with E-state index in [0.29, 0.717) is 0 Å². The van der Waals surface area contributed by atoms with Crippen molar-refractivity contribution < 1.29 is 39.8 Å². The molecule has 0 fully saturated rings. The second kappa shape index (κ2) is 12.8. The molecule has 0 amide bonds. The van der Waals surface area contributed by atoms with E-state index in [0.717, 1.165) is 0 Å². The van der Waals surface area contributed by atoms with Crippen LogP contribution in [0.1, 0.15) is 0 Å². The number of hydrogen-bond donors (Lipinski definition) is 0. The third-order valence-corrected chi connectivity index (χ3v) is 12.6. The van der Waals surface area contributed by atoms with Crippen molar-refractivity contribution in [2.45, 2.75) is 6.55 Å². The molecule has 29 heavy (non-hydrogen) atoms. The van der Waals surface area contributed by atoms with E-state index in [-0.39, 0.29) is 0 Å². The van der Waals surface area contributed by atoms with Crippen LogP contribution in [0.25, 0.3) is 0 Å². The summed E-state index contributed by atoms with van der Waals surface area (Å²) in [6.45, 7) is 1.85. The molecule has 0 aliphatic rings. The van der Waals surface area contributed by atoms with Gasteiger partial charge in [0, 0.05) is 64.0 Å². The van der Waals surface area contributed by atoms with Crippen LogP contribution in [0.15, 0.2) is 0 Å². The third-order valence-electron chi connectivity index (χ3n) is 3.82. The molecule has 0 aromatic heterocycles. The monoisotopic (exact) mass is 478 g/mol. The first-order valence-corrected chi connectivity index (χ1v) is 15.9. The molecule has 0 heterocycles. The average molecular weight is 479 g/mol. The fraction of sp³-hybridized carbons (Fsp3) is 0.625. The highest BCUT2D eigenvalue weighted by Crippen LogP contribution is 2.10. The highest BCUT2D eigenvalue weighted by Gasteiger charge is 2.41. The fourth-order valence-corrected chi connectivity index (χ4v) is 9.35. The molecule has 13 heteroatoms. The van der Waals surface area contributed by atoms with E-state index in [9.17, 15) is 0 Å². The zero-order chi connectivity index (χ0) is 22.6. The Hall–Kier alpha value is -0.812. The summed E-state index contributed by atoms with van der Waals surface area (Å²) in [4.78, 5) is 0. The van der Waals surface area contributed by atoms with Crippen LogP contribution in [0.2, 0.25) is 6.55 Å². The molecule has 164 valence electrons. The van der Waals surface area contributed by atoms with Crippen LogP contribution >= 0.6 is 0 Å². The van der Waals surface area contributed by atoms with Crippen molar-refractivity contribution in [2.75, 3.05) is 64.0 Å². The van der Waals surface area contributed by atoms with Gasteiger partial charge in [0.05, 0.1) is 0 Å². The first-order chi connectivity index (χ1) is 13.7. The minimum Gasteiger partial charge on any atom is -0.367 e. The summed E-state index contributed by atoms with van der Waals surface area (Å²) < 4.78 is 48.3. The maximum Gasteiger partial charge on any atom is 0.590 e. The van der Waals surface area contributed by atoms with Crippen molar-refractivity contribution in [1.82, 2.24) is 0 Å². The van der Waals surface area contributed by atoms with Crippen LogP contribution < -0.4 is 0 Å². The van der Waals surface area contributed by atoms with Gasteiger partial charge in [-0.15, -0.1) is 16.6 Å². The molecule has 0 rings (SSSR count). The fourth-order valence-electron chi connectivity index (χ4n) is 1.91. The summed E-state index contributed by atoms with van der Waals surface area (Å²) in [7, 11) is 0.879. The molecule has 0 aliphatic carbocycles. The van der Waals surface area contributed by atoms with E-state index < -0.39 is 34.5 Å². The summed E-state index contributed by atoms with van der Waals surface area (Å²) in [5, 5.41) is 0. The van der Waals surface area contributed by atoms with E-state index in [2.05, 4.69) is 33.3 Å². The predicted octanol–water partition coefficient (Wildman–Crippen LogP) is -0.0553. The predicted molar refractivity (Wildman–Crippen MR) is 115 cm³/mol. The summed E-state index contributed by atoms with van der Waals surface area (Å²) in [6.07, 6.45) is 0. The lowest BCUT2D eigenvalue weighted by Gasteiger charge is -2.20. The lowest BCUT2D eigenvalue weighted by molar-refractivity contribution is 0.141. The first kappa shape index (κ1) is 28.2. The zero-order valence-electron chi connectivity index (χ0n) is 18.7. The van der Waals surface area contributed by atoms with Gasteiger partial charge in [-0.05, 0) is 23.2 Å². The van der Waals surface area contributed by atoms with Crippen molar-refractivity contribution in [2.24, 2.45) is 0 Å². The molecule has 0 aromatic carbocycles. The second-order valence-corrected chi connectivity index (χ2v) is 16.1. The van der Waals surface area contributed by atoms with Gasteiger partial charge in [0.1, 0.15) is 0 Å². The Balaban J connectivity index is 6.54. The molecule has 0 radical (unpaired) electrons. The normalized spacial score (nSPS) is 12.2. The van der Waals surface area contributed by atoms with Crippen LogP contribution in [0.3, 0.4) is 0 Å². The zero-order valence-corrected chi connectivity index (χ0v) is 22.7. The van der Waals surface area contributed by atoms with E-state index in [4.69, 9.17) is 39.8 Å². The molecule has 0 saturated heterocycles. The molecule has 0 aliphatic heterocycles. The van der Waals surface area contributed by atoms with Gasteiger partial charge in [-0.1, -0.05) is 0 Å². The van der Waals surface area contributed by atoms with E-state index >= 15 is 0 Å². The lowest BCUT2D eigenvalue weighted by atomic mass is 11.3.